The van der Waals surface area contributed by atoms with Gasteiger partial charge in [0.1, 0.15) is 0 Å². The first kappa shape index (κ1) is 11.5. The maximum absolute atomic E-state index is 8.76. The summed E-state index contributed by atoms with van der Waals surface area (Å²) in [6.07, 6.45) is 0. The number of nitrogens with one attached hydrogen (secondary N) is 1. The first-order chi connectivity index (χ1) is 6.63. The molecule has 0 aliphatic carbocycles. The van der Waals surface area contributed by atoms with Crippen LogP contribution in [-0.4, -0.2) is 24.3 Å². The molecule has 0 heterocycles. The van der Waals surface area contributed by atoms with Crippen molar-refractivity contribution in [2.45, 2.75) is 13.0 Å². The number of hydrogen-bond acceptors (Lipinski definition) is 3. The van der Waals surface area contributed by atoms with E-state index in [-0.39, 0.29) is 12.6 Å². The average molecular weight is 259 g/mol. The summed E-state index contributed by atoms with van der Waals surface area (Å²) in [5.41, 5.74) is 7.79. The first-order valence-electron chi connectivity index (χ1n) is 4.50. The number of aliphatic hydroxyl groups excluding tert-OH is 1. The number of halogens is 1. The highest BCUT2D eigenvalue weighted by molar-refractivity contribution is 9.10. The molecule has 0 fully saturated rings. The molecule has 78 valence electrons. The Morgan fingerprint density at radius 3 is 2.93 bits per heavy atom. The number of hydrogen-bond donors (Lipinski definition) is 3. The van der Waals surface area contributed by atoms with E-state index in [2.05, 4.69) is 21.2 Å². The normalized spacial score (nSPS) is 12.6. The Kier molecular flexibility index (Phi) is 4.38. The van der Waals surface area contributed by atoms with Crippen LogP contribution in [0.15, 0.2) is 22.7 Å². The number of nitrogens with two attached hydrogens (primary N) is 1. The first-order valence-corrected chi connectivity index (χ1v) is 5.29. The minimum atomic E-state index is -0.214. The zero-order valence-corrected chi connectivity index (χ0v) is 9.71. The molecule has 1 aromatic rings. The van der Waals surface area contributed by atoms with E-state index in [1.165, 1.54) is 5.56 Å². The lowest BCUT2D eigenvalue weighted by molar-refractivity contribution is 0.270. The maximum atomic E-state index is 8.76. The van der Waals surface area contributed by atoms with Gasteiger partial charge in [-0.15, -0.1) is 0 Å². The Balaban J connectivity index is 2.62. The van der Waals surface area contributed by atoms with Gasteiger partial charge in [-0.05, 0) is 24.6 Å². The van der Waals surface area contributed by atoms with Crippen LogP contribution in [0.25, 0.3) is 0 Å². The molecule has 4 heteroatoms. The van der Waals surface area contributed by atoms with Gasteiger partial charge >= 0.3 is 0 Å². The SMILES string of the molecule is Cc1ccc(Br)cc1NCC(N)CO. The number of aliphatic hydroxyl groups is 1. The molecule has 3 nitrogen and oxygen atoms in total. The van der Waals surface area contributed by atoms with Crippen molar-refractivity contribution >= 4 is 21.6 Å². The Bertz CT molecular complexity index is 304. The molecule has 0 aliphatic heterocycles. The average Bonchev–Trinajstić information content (AvgIpc) is 2.19. The molecule has 0 amide bonds. The third kappa shape index (κ3) is 3.29. The second kappa shape index (κ2) is 5.34. The Hall–Kier alpha value is -0.580. The van der Waals surface area contributed by atoms with E-state index < -0.39 is 0 Å². The van der Waals surface area contributed by atoms with Crippen molar-refractivity contribution in [3.63, 3.8) is 0 Å². The molecule has 1 atom stereocenters. The predicted octanol–water partition coefficient (Wildman–Crippen LogP) is 1.49. The molecule has 0 spiro atoms. The highest BCUT2D eigenvalue weighted by atomic mass is 79.9. The lowest BCUT2D eigenvalue weighted by Gasteiger charge is -2.13. The summed E-state index contributed by atoms with van der Waals surface area (Å²) in [5, 5.41) is 12.0. The molecule has 0 aliphatic rings. The Morgan fingerprint density at radius 1 is 1.57 bits per heavy atom. The van der Waals surface area contributed by atoms with E-state index in [1.54, 1.807) is 0 Å². The molecule has 14 heavy (non-hydrogen) atoms. The third-order valence-electron chi connectivity index (χ3n) is 1.99. The molecular weight excluding hydrogens is 244 g/mol. The van der Waals surface area contributed by atoms with E-state index in [4.69, 9.17) is 10.8 Å². The Labute approximate surface area is 92.4 Å². The zero-order valence-electron chi connectivity index (χ0n) is 8.13. The lowest BCUT2D eigenvalue weighted by atomic mass is 10.2. The number of anilines is 1. The fraction of sp³-hybridized carbons (Fsp3) is 0.400. The summed E-state index contributed by atoms with van der Waals surface area (Å²) >= 11 is 3.40. The second-order valence-electron chi connectivity index (χ2n) is 3.28. The molecule has 0 bridgehead atoms. The molecule has 1 aromatic carbocycles. The molecule has 4 N–H and O–H groups in total. The summed E-state index contributed by atoms with van der Waals surface area (Å²) < 4.78 is 1.03. The van der Waals surface area contributed by atoms with Crippen LogP contribution >= 0.6 is 15.9 Å². The van der Waals surface area contributed by atoms with Crippen LogP contribution in [0.5, 0.6) is 0 Å². The molecule has 0 aromatic heterocycles. The van der Waals surface area contributed by atoms with Crippen molar-refractivity contribution in [1.29, 1.82) is 0 Å². The zero-order chi connectivity index (χ0) is 10.6. The van der Waals surface area contributed by atoms with Crippen LogP contribution in [0.2, 0.25) is 0 Å². The predicted molar refractivity (Wildman–Crippen MR) is 62.4 cm³/mol. The van der Waals surface area contributed by atoms with Gasteiger partial charge in [0, 0.05) is 22.7 Å². The van der Waals surface area contributed by atoms with Crippen LogP contribution in [0.1, 0.15) is 5.56 Å². The van der Waals surface area contributed by atoms with Crippen LogP contribution in [0.3, 0.4) is 0 Å². The van der Waals surface area contributed by atoms with Gasteiger partial charge < -0.3 is 16.2 Å². The monoisotopic (exact) mass is 258 g/mol. The number of rotatable bonds is 4. The maximum Gasteiger partial charge on any atom is 0.0599 e. The lowest BCUT2D eigenvalue weighted by Crippen LogP contribution is -2.32. The highest BCUT2D eigenvalue weighted by Gasteiger charge is 2.02. The van der Waals surface area contributed by atoms with Crippen molar-refractivity contribution < 1.29 is 5.11 Å². The van der Waals surface area contributed by atoms with Gasteiger partial charge in [-0.2, -0.15) is 0 Å². The smallest absolute Gasteiger partial charge is 0.0599 e. The van der Waals surface area contributed by atoms with Gasteiger partial charge in [0.15, 0.2) is 0 Å². The van der Waals surface area contributed by atoms with Crippen molar-refractivity contribution in [2.75, 3.05) is 18.5 Å². The van der Waals surface area contributed by atoms with Crippen molar-refractivity contribution in [1.82, 2.24) is 0 Å². The van der Waals surface area contributed by atoms with Crippen LogP contribution in [0, 0.1) is 6.92 Å². The third-order valence-corrected chi connectivity index (χ3v) is 2.48. The molecule has 0 saturated heterocycles. The summed E-state index contributed by atoms with van der Waals surface area (Å²) in [6, 6.07) is 5.80. The summed E-state index contributed by atoms with van der Waals surface area (Å²) in [7, 11) is 0. The minimum Gasteiger partial charge on any atom is -0.395 e. The van der Waals surface area contributed by atoms with Crippen LogP contribution in [-0.2, 0) is 0 Å². The summed E-state index contributed by atoms with van der Waals surface area (Å²) in [6.45, 7) is 2.60. The van der Waals surface area contributed by atoms with Crippen LogP contribution in [0.4, 0.5) is 5.69 Å². The fourth-order valence-electron chi connectivity index (χ4n) is 1.09. The topological polar surface area (TPSA) is 58.3 Å². The molecule has 0 saturated carbocycles. The van der Waals surface area contributed by atoms with Gasteiger partial charge in [-0.25, -0.2) is 0 Å². The molecule has 1 rings (SSSR count). The van der Waals surface area contributed by atoms with E-state index in [0.29, 0.717) is 6.54 Å². The quantitative estimate of drug-likeness (QED) is 0.767. The number of benzene rings is 1. The molecule has 1 unspecified atom stereocenters. The molecular formula is C10H15BrN2O. The van der Waals surface area contributed by atoms with E-state index >= 15 is 0 Å². The molecule has 0 radical (unpaired) electrons. The van der Waals surface area contributed by atoms with Gasteiger partial charge in [0.05, 0.1) is 6.61 Å². The van der Waals surface area contributed by atoms with Crippen molar-refractivity contribution in [2.24, 2.45) is 5.73 Å². The second-order valence-corrected chi connectivity index (χ2v) is 4.20. The Morgan fingerprint density at radius 2 is 2.29 bits per heavy atom. The minimum absolute atomic E-state index is 0.0000504. The van der Waals surface area contributed by atoms with Gasteiger partial charge in [-0.1, -0.05) is 22.0 Å². The standard InChI is InChI=1S/C10H15BrN2O/c1-7-2-3-8(11)4-10(7)13-5-9(12)6-14/h2-4,9,13-14H,5-6,12H2,1H3. The number of aryl methyl sites for hydroxylation is 1. The van der Waals surface area contributed by atoms with Crippen molar-refractivity contribution in [3.05, 3.63) is 28.2 Å². The van der Waals surface area contributed by atoms with Gasteiger partial charge in [-0.3, -0.25) is 0 Å². The van der Waals surface area contributed by atoms with Crippen molar-refractivity contribution in [3.8, 4) is 0 Å². The largest absolute Gasteiger partial charge is 0.395 e. The van der Waals surface area contributed by atoms with E-state index in [1.807, 2.05) is 25.1 Å². The summed E-state index contributed by atoms with van der Waals surface area (Å²) in [4.78, 5) is 0. The fourth-order valence-corrected chi connectivity index (χ4v) is 1.45. The highest BCUT2D eigenvalue weighted by Crippen LogP contribution is 2.20. The van der Waals surface area contributed by atoms with E-state index in [0.717, 1.165) is 10.2 Å². The van der Waals surface area contributed by atoms with E-state index in [9.17, 15) is 0 Å². The summed E-state index contributed by atoms with van der Waals surface area (Å²) in [5.74, 6) is 0. The van der Waals surface area contributed by atoms with Gasteiger partial charge in [0.25, 0.3) is 0 Å². The van der Waals surface area contributed by atoms with Gasteiger partial charge in [0.2, 0.25) is 0 Å². The van der Waals surface area contributed by atoms with Crippen LogP contribution < -0.4 is 11.1 Å².